The first kappa shape index (κ1) is 33.9. The van der Waals surface area contributed by atoms with Crippen molar-refractivity contribution in [2.45, 2.75) is 19.3 Å². The Labute approximate surface area is 339 Å². The Kier molecular flexibility index (Phi) is 7.84. The standard InChI is InChI=1S/C55H41N3/c1-55(2)50-18-10-12-20-52(50)56-37-49-48-17-9-11-19-51(48)58(53(49)54(55)56)47-35-27-43(28-36-47)42-25-33-46(34-26-42)57(44-29-21-40(22-30-44)38-13-5-3-6-14-38)45-31-23-41(24-32-45)39-15-7-4-8-16-39/h3-37H,1-2H3. The van der Waals surface area contributed by atoms with Crippen molar-refractivity contribution in [1.82, 2.24) is 9.13 Å². The summed E-state index contributed by atoms with van der Waals surface area (Å²) < 4.78 is 4.90. The molecule has 0 N–H and O–H groups in total. The molecule has 2 aromatic heterocycles. The quantitative estimate of drug-likeness (QED) is 0.158. The van der Waals surface area contributed by atoms with Crippen molar-refractivity contribution in [2.24, 2.45) is 0 Å². The van der Waals surface area contributed by atoms with Crippen LogP contribution in [0.25, 0.3) is 66.6 Å². The summed E-state index contributed by atoms with van der Waals surface area (Å²) in [4.78, 5) is 2.34. The summed E-state index contributed by atoms with van der Waals surface area (Å²) in [6, 6.07) is 74.6. The Hall–Kier alpha value is -7.36. The van der Waals surface area contributed by atoms with Crippen molar-refractivity contribution in [3.63, 3.8) is 0 Å². The minimum Gasteiger partial charge on any atom is -0.317 e. The summed E-state index contributed by atoms with van der Waals surface area (Å²) in [6.07, 6.45) is 2.35. The monoisotopic (exact) mass is 743 g/mol. The lowest BCUT2D eigenvalue weighted by Crippen LogP contribution is -2.16. The lowest BCUT2D eigenvalue weighted by atomic mass is 9.83. The molecule has 3 heteroatoms. The van der Waals surface area contributed by atoms with Crippen molar-refractivity contribution in [3.05, 3.63) is 224 Å². The molecule has 1 aliphatic heterocycles. The van der Waals surface area contributed by atoms with Gasteiger partial charge in [-0.25, -0.2) is 0 Å². The summed E-state index contributed by atoms with van der Waals surface area (Å²) in [5, 5.41) is 2.57. The van der Waals surface area contributed by atoms with Crippen LogP contribution < -0.4 is 4.90 Å². The van der Waals surface area contributed by atoms with E-state index in [0.717, 1.165) is 22.7 Å². The highest BCUT2D eigenvalue weighted by Gasteiger charge is 2.39. The molecule has 0 spiro atoms. The molecular formula is C55H41N3. The van der Waals surface area contributed by atoms with Gasteiger partial charge in [-0.1, -0.05) is 159 Å². The molecule has 0 amide bonds. The van der Waals surface area contributed by atoms with Gasteiger partial charge in [-0.15, -0.1) is 0 Å². The molecule has 0 saturated carbocycles. The van der Waals surface area contributed by atoms with Gasteiger partial charge in [-0.3, -0.25) is 0 Å². The van der Waals surface area contributed by atoms with E-state index in [2.05, 4.69) is 240 Å². The first-order chi connectivity index (χ1) is 28.5. The first-order valence-corrected chi connectivity index (χ1v) is 20.1. The number of benzene rings is 8. The topological polar surface area (TPSA) is 13.1 Å². The summed E-state index contributed by atoms with van der Waals surface area (Å²) in [7, 11) is 0. The fraction of sp³-hybridized carbons (Fsp3) is 0.0545. The normalized spacial score (nSPS) is 12.8. The maximum atomic E-state index is 2.47. The second-order valence-electron chi connectivity index (χ2n) is 15.9. The highest BCUT2D eigenvalue weighted by molar-refractivity contribution is 6.11. The van der Waals surface area contributed by atoms with Crippen LogP contribution in [0.15, 0.2) is 212 Å². The van der Waals surface area contributed by atoms with Gasteiger partial charge in [0.05, 0.1) is 16.7 Å². The molecule has 0 radical (unpaired) electrons. The average molecular weight is 744 g/mol. The molecular weight excluding hydrogens is 703 g/mol. The zero-order valence-electron chi connectivity index (χ0n) is 32.5. The molecule has 3 nitrogen and oxygen atoms in total. The summed E-state index contributed by atoms with van der Waals surface area (Å²) >= 11 is 0. The minimum absolute atomic E-state index is 0.131. The number of hydrogen-bond donors (Lipinski definition) is 0. The van der Waals surface area contributed by atoms with Gasteiger partial charge >= 0.3 is 0 Å². The Balaban J connectivity index is 0.953. The van der Waals surface area contributed by atoms with E-state index in [1.165, 1.54) is 72.1 Å². The number of para-hydroxylation sites is 2. The number of anilines is 3. The number of fused-ring (bicyclic) bond motifs is 7. The molecule has 0 aliphatic carbocycles. The van der Waals surface area contributed by atoms with E-state index in [1.807, 2.05) is 0 Å². The zero-order chi connectivity index (χ0) is 38.8. The van der Waals surface area contributed by atoms with Gasteiger partial charge in [0.25, 0.3) is 0 Å². The van der Waals surface area contributed by atoms with Crippen molar-refractivity contribution in [2.75, 3.05) is 4.90 Å². The van der Waals surface area contributed by atoms with Crippen LogP contribution in [0.5, 0.6) is 0 Å². The zero-order valence-corrected chi connectivity index (χ0v) is 32.5. The molecule has 10 aromatic rings. The van der Waals surface area contributed by atoms with Gasteiger partial charge < -0.3 is 14.0 Å². The summed E-state index contributed by atoms with van der Waals surface area (Å²) in [5.74, 6) is 0. The predicted octanol–water partition coefficient (Wildman–Crippen LogP) is 14.7. The van der Waals surface area contributed by atoms with Crippen molar-refractivity contribution in [1.29, 1.82) is 0 Å². The van der Waals surface area contributed by atoms with Crippen LogP contribution in [0.3, 0.4) is 0 Å². The Morgan fingerprint density at radius 1 is 0.397 bits per heavy atom. The van der Waals surface area contributed by atoms with Crippen molar-refractivity contribution in [3.8, 4) is 44.8 Å². The van der Waals surface area contributed by atoms with Crippen molar-refractivity contribution >= 4 is 38.9 Å². The van der Waals surface area contributed by atoms with Gasteiger partial charge in [-0.2, -0.15) is 0 Å². The van der Waals surface area contributed by atoms with Crippen LogP contribution in [0.1, 0.15) is 25.1 Å². The van der Waals surface area contributed by atoms with Gasteiger partial charge in [0, 0.05) is 50.8 Å². The maximum absolute atomic E-state index is 2.47. The van der Waals surface area contributed by atoms with Gasteiger partial charge in [0.15, 0.2) is 0 Å². The molecule has 276 valence electrons. The summed E-state index contributed by atoms with van der Waals surface area (Å²) in [6.45, 7) is 4.72. The molecule has 11 rings (SSSR count). The van der Waals surface area contributed by atoms with Crippen molar-refractivity contribution < 1.29 is 0 Å². The molecule has 1 aliphatic rings. The number of rotatable bonds is 7. The molecule has 8 aromatic carbocycles. The molecule has 58 heavy (non-hydrogen) atoms. The molecule has 3 heterocycles. The fourth-order valence-corrected chi connectivity index (χ4v) is 9.25. The number of hydrogen-bond acceptors (Lipinski definition) is 1. The molecule has 0 saturated heterocycles. The second-order valence-corrected chi connectivity index (χ2v) is 15.9. The van der Waals surface area contributed by atoms with Crippen LogP contribution in [0.2, 0.25) is 0 Å². The third kappa shape index (κ3) is 5.43. The highest BCUT2D eigenvalue weighted by atomic mass is 15.1. The largest absolute Gasteiger partial charge is 0.317 e. The third-order valence-electron chi connectivity index (χ3n) is 12.1. The first-order valence-electron chi connectivity index (χ1n) is 20.1. The lowest BCUT2D eigenvalue weighted by molar-refractivity contribution is 0.646. The van der Waals surface area contributed by atoms with E-state index in [9.17, 15) is 0 Å². The van der Waals surface area contributed by atoms with E-state index in [-0.39, 0.29) is 5.41 Å². The highest BCUT2D eigenvalue weighted by Crippen LogP contribution is 2.49. The maximum Gasteiger partial charge on any atom is 0.0763 e. The minimum atomic E-state index is -0.131. The van der Waals surface area contributed by atoms with Gasteiger partial charge in [0.2, 0.25) is 0 Å². The second kappa shape index (κ2) is 13.4. The van der Waals surface area contributed by atoms with Crippen LogP contribution in [0.4, 0.5) is 17.1 Å². The number of aromatic nitrogens is 2. The van der Waals surface area contributed by atoms with E-state index < -0.39 is 0 Å². The Morgan fingerprint density at radius 3 is 1.36 bits per heavy atom. The molecule has 0 atom stereocenters. The predicted molar refractivity (Wildman–Crippen MR) is 243 cm³/mol. The van der Waals surface area contributed by atoms with Gasteiger partial charge in [-0.05, 0) is 99.6 Å². The van der Waals surface area contributed by atoms with Crippen LogP contribution in [-0.2, 0) is 5.41 Å². The fourth-order valence-electron chi connectivity index (χ4n) is 9.25. The lowest BCUT2D eigenvalue weighted by Gasteiger charge is -2.26. The smallest absolute Gasteiger partial charge is 0.0763 e. The van der Waals surface area contributed by atoms with E-state index in [1.54, 1.807) is 0 Å². The third-order valence-corrected chi connectivity index (χ3v) is 12.1. The van der Waals surface area contributed by atoms with E-state index in [4.69, 9.17) is 0 Å². The number of nitrogens with zero attached hydrogens (tertiary/aromatic N) is 3. The van der Waals surface area contributed by atoms with Crippen LogP contribution >= 0.6 is 0 Å². The van der Waals surface area contributed by atoms with E-state index in [0.29, 0.717) is 0 Å². The van der Waals surface area contributed by atoms with Gasteiger partial charge in [0.1, 0.15) is 0 Å². The average Bonchev–Trinajstić information content (AvgIpc) is 3.90. The van der Waals surface area contributed by atoms with Crippen LogP contribution in [0, 0.1) is 0 Å². The van der Waals surface area contributed by atoms with E-state index >= 15 is 0 Å². The molecule has 0 fully saturated rings. The SMILES string of the molecule is CC1(C)c2ccccc2-n2cc3c4ccccc4n(-c4ccc(-c5ccc(N(c6ccc(-c7ccccc7)cc6)c6ccc(-c7ccccc7)cc6)cc5)cc4)c3c21. The Bertz CT molecular complexity index is 3000. The Morgan fingerprint density at radius 2 is 0.828 bits per heavy atom. The summed E-state index contributed by atoms with van der Waals surface area (Å²) in [5.41, 5.74) is 18.0. The van der Waals surface area contributed by atoms with Crippen LogP contribution in [-0.4, -0.2) is 9.13 Å². The molecule has 0 unspecified atom stereocenters. The molecule has 0 bridgehead atoms.